The van der Waals surface area contributed by atoms with Crippen LogP contribution < -0.4 is 0 Å². The zero-order valence-corrected chi connectivity index (χ0v) is 13.9. The Labute approximate surface area is 132 Å². The molecule has 3 fully saturated rings. The lowest BCUT2D eigenvalue weighted by Gasteiger charge is -2.39. The van der Waals surface area contributed by atoms with E-state index in [-0.39, 0.29) is 30.1 Å². The van der Waals surface area contributed by atoms with Gasteiger partial charge in [-0.3, -0.25) is 13.9 Å². The third kappa shape index (κ3) is 2.90. The predicted octanol–water partition coefficient (Wildman–Crippen LogP) is 1.30. The first-order chi connectivity index (χ1) is 10.4. The van der Waals surface area contributed by atoms with Gasteiger partial charge in [-0.25, -0.2) is 0 Å². The first-order valence-electron chi connectivity index (χ1n) is 8.23. The summed E-state index contributed by atoms with van der Waals surface area (Å²) < 4.78 is 32.6. The lowest BCUT2D eigenvalue weighted by atomic mass is 9.76. The first kappa shape index (κ1) is 16.2. The number of carbonyl (C=O) groups excluding carboxylic acids is 1. The summed E-state index contributed by atoms with van der Waals surface area (Å²) in [5.41, 5.74) is -0.140. The van der Waals surface area contributed by atoms with E-state index in [0.717, 1.165) is 51.4 Å². The molecule has 3 aliphatic heterocycles. The number of hydrogen-bond donors (Lipinski definition) is 0. The van der Waals surface area contributed by atoms with Gasteiger partial charge in [0, 0.05) is 0 Å². The Morgan fingerprint density at radius 1 is 1.32 bits per heavy atom. The standard InChI is InChI=1S/C15H25NO5S/c1-22(18,19)20-11-4-7-13-15-8-5-10-16(15)9-3-2-6-12(15)14(17)21-13/h12-13H,2-11H2,1H3/t12-,13-,15-/m0/s1. The molecule has 126 valence electrons. The van der Waals surface area contributed by atoms with Crippen LogP contribution in [0.4, 0.5) is 0 Å². The fraction of sp³-hybridized carbons (Fsp3) is 0.933. The minimum Gasteiger partial charge on any atom is -0.460 e. The first-order valence-corrected chi connectivity index (χ1v) is 10.0. The molecule has 6 nitrogen and oxygen atoms in total. The molecule has 0 aromatic rings. The molecule has 22 heavy (non-hydrogen) atoms. The number of ether oxygens (including phenoxy) is 1. The van der Waals surface area contributed by atoms with Crippen LogP contribution >= 0.6 is 0 Å². The fourth-order valence-corrected chi connectivity index (χ4v) is 4.98. The molecule has 1 spiro atoms. The molecule has 3 aliphatic rings. The molecule has 0 aromatic heterocycles. The Morgan fingerprint density at radius 3 is 2.86 bits per heavy atom. The van der Waals surface area contributed by atoms with E-state index >= 15 is 0 Å². The number of carbonyl (C=O) groups is 1. The average Bonchev–Trinajstić information content (AvgIpc) is 2.90. The van der Waals surface area contributed by atoms with Gasteiger partial charge >= 0.3 is 5.97 Å². The van der Waals surface area contributed by atoms with Crippen LogP contribution in [-0.2, 0) is 23.8 Å². The monoisotopic (exact) mass is 331 g/mol. The molecule has 0 unspecified atom stereocenters. The normalized spacial score (nSPS) is 35.8. The van der Waals surface area contributed by atoms with Crippen molar-refractivity contribution >= 4 is 16.1 Å². The molecule has 3 saturated heterocycles. The Balaban J connectivity index is 1.69. The summed E-state index contributed by atoms with van der Waals surface area (Å²) >= 11 is 0. The van der Waals surface area contributed by atoms with Crippen LogP contribution in [-0.4, -0.2) is 56.9 Å². The summed E-state index contributed by atoms with van der Waals surface area (Å²) in [5.74, 6) is -0.0545. The van der Waals surface area contributed by atoms with Crippen LogP contribution in [0.1, 0.15) is 44.9 Å². The minimum atomic E-state index is -3.40. The van der Waals surface area contributed by atoms with E-state index in [2.05, 4.69) is 4.90 Å². The van der Waals surface area contributed by atoms with Gasteiger partial charge in [-0.1, -0.05) is 6.42 Å². The van der Waals surface area contributed by atoms with Crippen molar-refractivity contribution in [1.29, 1.82) is 0 Å². The summed E-state index contributed by atoms with van der Waals surface area (Å²) in [4.78, 5) is 14.8. The van der Waals surface area contributed by atoms with E-state index in [4.69, 9.17) is 8.92 Å². The molecule has 0 N–H and O–H groups in total. The lowest BCUT2D eigenvalue weighted by molar-refractivity contribution is -0.144. The van der Waals surface area contributed by atoms with Crippen molar-refractivity contribution < 1.29 is 22.1 Å². The third-order valence-corrected chi connectivity index (χ3v) is 5.97. The second kappa shape index (κ2) is 6.09. The van der Waals surface area contributed by atoms with Crippen molar-refractivity contribution in [2.24, 2.45) is 5.92 Å². The summed E-state index contributed by atoms with van der Waals surface area (Å²) in [7, 11) is -3.40. The maximum Gasteiger partial charge on any atom is 0.311 e. The topological polar surface area (TPSA) is 72.9 Å². The Morgan fingerprint density at radius 2 is 2.09 bits per heavy atom. The highest BCUT2D eigenvalue weighted by atomic mass is 32.2. The zero-order valence-electron chi connectivity index (χ0n) is 13.1. The third-order valence-electron chi connectivity index (χ3n) is 5.38. The number of rotatable bonds is 5. The van der Waals surface area contributed by atoms with Crippen LogP contribution in [0.15, 0.2) is 0 Å². The Bertz CT molecular complexity index is 534. The van der Waals surface area contributed by atoms with Gasteiger partial charge in [0.15, 0.2) is 0 Å². The van der Waals surface area contributed by atoms with Crippen molar-refractivity contribution in [3.8, 4) is 0 Å². The van der Waals surface area contributed by atoms with E-state index in [1.54, 1.807) is 0 Å². The van der Waals surface area contributed by atoms with E-state index in [0.29, 0.717) is 12.8 Å². The molecule has 0 saturated carbocycles. The minimum absolute atomic E-state index is 0.00155. The van der Waals surface area contributed by atoms with Crippen LogP contribution in [0.3, 0.4) is 0 Å². The molecular weight excluding hydrogens is 306 g/mol. The van der Waals surface area contributed by atoms with Gasteiger partial charge in [0.05, 0.1) is 24.3 Å². The number of nitrogens with zero attached hydrogens (tertiary/aromatic N) is 1. The highest BCUT2D eigenvalue weighted by Crippen LogP contribution is 2.50. The molecule has 0 bridgehead atoms. The van der Waals surface area contributed by atoms with Crippen LogP contribution in [0, 0.1) is 5.92 Å². The quantitative estimate of drug-likeness (QED) is 0.429. The second-order valence-electron chi connectivity index (χ2n) is 6.72. The van der Waals surface area contributed by atoms with Crippen LogP contribution in [0.25, 0.3) is 0 Å². The maximum atomic E-state index is 12.3. The summed E-state index contributed by atoms with van der Waals surface area (Å²) in [6.45, 7) is 2.25. The highest BCUT2D eigenvalue weighted by molar-refractivity contribution is 7.85. The van der Waals surface area contributed by atoms with Crippen LogP contribution in [0.5, 0.6) is 0 Å². The fourth-order valence-electron chi connectivity index (χ4n) is 4.56. The number of cyclic esters (lactones) is 1. The van der Waals surface area contributed by atoms with Gasteiger partial charge in [0.25, 0.3) is 10.1 Å². The van der Waals surface area contributed by atoms with E-state index in [1.165, 1.54) is 0 Å². The van der Waals surface area contributed by atoms with Gasteiger partial charge < -0.3 is 4.74 Å². The second-order valence-corrected chi connectivity index (χ2v) is 8.37. The summed E-state index contributed by atoms with van der Waals surface area (Å²) in [6, 6.07) is 0. The van der Waals surface area contributed by atoms with Gasteiger partial charge in [0.2, 0.25) is 0 Å². The van der Waals surface area contributed by atoms with Crippen molar-refractivity contribution in [2.75, 3.05) is 26.0 Å². The smallest absolute Gasteiger partial charge is 0.311 e. The van der Waals surface area contributed by atoms with Crippen LogP contribution in [0.2, 0.25) is 0 Å². The van der Waals surface area contributed by atoms with E-state index in [1.807, 2.05) is 0 Å². The van der Waals surface area contributed by atoms with Crippen molar-refractivity contribution in [3.63, 3.8) is 0 Å². The molecule has 0 amide bonds. The van der Waals surface area contributed by atoms with Gasteiger partial charge in [0.1, 0.15) is 6.10 Å². The average molecular weight is 331 g/mol. The SMILES string of the molecule is CS(=O)(=O)OCCC[C@@H]1OC(=O)[C@@H]2CCCCN3CCC[C@@]123. The molecule has 3 heterocycles. The van der Waals surface area contributed by atoms with Crippen molar-refractivity contribution in [2.45, 2.75) is 56.6 Å². The number of esters is 1. The maximum absolute atomic E-state index is 12.3. The zero-order chi connectivity index (χ0) is 15.8. The summed E-state index contributed by atoms with van der Waals surface area (Å²) in [5, 5.41) is 0. The largest absolute Gasteiger partial charge is 0.460 e. The molecule has 7 heteroatoms. The number of hydrogen-bond acceptors (Lipinski definition) is 6. The van der Waals surface area contributed by atoms with Gasteiger partial charge in [-0.2, -0.15) is 8.42 Å². The molecule has 3 atom stereocenters. The molecule has 0 aliphatic carbocycles. The highest BCUT2D eigenvalue weighted by Gasteiger charge is 2.61. The van der Waals surface area contributed by atoms with Crippen molar-refractivity contribution in [3.05, 3.63) is 0 Å². The summed E-state index contributed by atoms with van der Waals surface area (Å²) in [6.07, 6.45) is 7.49. The predicted molar refractivity (Wildman–Crippen MR) is 80.8 cm³/mol. The molecular formula is C15H25NO5S. The van der Waals surface area contributed by atoms with E-state index in [9.17, 15) is 13.2 Å². The molecule has 0 aromatic carbocycles. The molecule has 0 radical (unpaired) electrons. The molecule has 3 rings (SSSR count). The van der Waals surface area contributed by atoms with E-state index < -0.39 is 10.1 Å². The van der Waals surface area contributed by atoms with Gasteiger partial charge in [-0.05, 0) is 51.6 Å². The Hall–Kier alpha value is -0.660. The van der Waals surface area contributed by atoms with Gasteiger partial charge in [-0.15, -0.1) is 0 Å². The Kier molecular flexibility index (Phi) is 4.49. The lowest BCUT2D eigenvalue weighted by Crippen LogP contribution is -2.54. The van der Waals surface area contributed by atoms with Crippen molar-refractivity contribution in [1.82, 2.24) is 4.90 Å².